The van der Waals surface area contributed by atoms with Gasteiger partial charge in [-0.15, -0.1) is 0 Å². The lowest BCUT2D eigenvalue weighted by atomic mass is 10.0. The van der Waals surface area contributed by atoms with E-state index in [1.807, 2.05) is 0 Å². The Labute approximate surface area is 159 Å². The fourth-order valence-corrected chi connectivity index (χ4v) is 3.25. The van der Waals surface area contributed by atoms with Crippen molar-refractivity contribution in [2.75, 3.05) is 12.8 Å². The average Bonchev–Trinajstić information content (AvgIpc) is 2.64. The van der Waals surface area contributed by atoms with Crippen LogP contribution in [0.4, 0.5) is 18.9 Å². The third-order valence-electron chi connectivity index (χ3n) is 3.82. The van der Waals surface area contributed by atoms with Crippen molar-refractivity contribution >= 4 is 23.6 Å². The number of para-hydroxylation sites is 1. The van der Waals surface area contributed by atoms with Crippen LogP contribution in [0.25, 0.3) is 0 Å². The molecule has 0 saturated carbocycles. The number of ether oxygens (including phenoxy) is 1. The van der Waals surface area contributed by atoms with E-state index in [4.69, 9.17) is 16.2 Å². The van der Waals surface area contributed by atoms with E-state index in [-0.39, 0.29) is 6.42 Å². The molecule has 0 aliphatic heterocycles. The summed E-state index contributed by atoms with van der Waals surface area (Å²) in [6, 6.07) is 11.0. The zero-order chi connectivity index (χ0) is 20.0. The standard InChI is InChI=1S/C18H20F3N3O2S/c1-26-17(25)15(10-11-5-4-6-12(9-11)18(19,20)21)24-27-16(23)13-7-2-3-8-14(13)22/h2-9,15-16,24H,10,22-23H2,1H3. The Balaban J connectivity index is 2.10. The zero-order valence-electron chi connectivity index (χ0n) is 14.5. The summed E-state index contributed by atoms with van der Waals surface area (Å²) in [5.41, 5.74) is 12.7. The van der Waals surface area contributed by atoms with Gasteiger partial charge in [0.15, 0.2) is 0 Å². The molecule has 2 unspecified atom stereocenters. The molecule has 0 bridgehead atoms. The molecule has 5 N–H and O–H groups in total. The van der Waals surface area contributed by atoms with Crippen molar-refractivity contribution in [3.05, 3.63) is 65.2 Å². The summed E-state index contributed by atoms with van der Waals surface area (Å²) in [4.78, 5) is 12.0. The van der Waals surface area contributed by atoms with Crippen molar-refractivity contribution in [1.29, 1.82) is 0 Å². The van der Waals surface area contributed by atoms with E-state index >= 15 is 0 Å². The average molecular weight is 399 g/mol. The predicted octanol–water partition coefficient (Wildman–Crippen LogP) is 3.27. The number of benzene rings is 2. The Morgan fingerprint density at radius 1 is 1.22 bits per heavy atom. The van der Waals surface area contributed by atoms with Gasteiger partial charge < -0.3 is 16.2 Å². The van der Waals surface area contributed by atoms with Crippen LogP contribution in [0.1, 0.15) is 22.1 Å². The van der Waals surface area contributed by atoms with Gasteiger partial charge in [-0.3, -0.25) is 4.79 Å². The number of nitrogens with two attached hydrogens (primary N) is 2. The second-order valence-corrected chi connectivity index (χ2v) is 6.74. The van der Waals surface area contributed by atoms with Crippen LogP contribution in [0.2, 0.25) is 0 Å². The molecule has 0 radical (unpaired) electrons. The van der Waals surface area contributed by atoms with Gasteiger partial charge in [-0.05, 0) is 24.1 Å². The molecule has 2 aromatic rings. The fourth-order valence-electron chi connectivity index (χ4n) is 2.41. The Bertz CT molecular complexity index is 786. The fraction of sp³-hybridized carbons (Fsp3) is 0.278. The molecule has 0 saturated heterocycles. The minimum absolute atomic E-state index is 0.0145. The number of carbonyl (C=O) groups excluding carboxylic acids is 1. The van der Waals surface area contributed by atoms with Crippen LogP contribution in [0.3, 0.4) is 0 Å². The van der Waals surface area contributed by atoms with Gasteiger partial charge >= 0.3 is 12.1 Å². The molecule has 0 heterocycles. The first-order valence-electron chi connectivity index (χ1n) is 7.97. The lowest BCUT2D eigenvalue weighted by molar-refractivity contribution is -0.142. The number of hydrogen-bond donors (Lipinski definition) is 3. The van der Waals surface area contributed by atoms with Gasteiger partial charge in [0.25, 0.3) is 0 Å². The van der Waals surface area contributed by atoms with Crippen molar-refractivity contribution in [2.24, 2.45) is 5.73 Å². The number of methoxy groups -OCH3 is 1. The third kappa shape index (κ3) is 5.88. The maximum Gasteiger partial charge on any atom is 0.416 e. The number of nitrogens with one attached hydrogen (secondary N) is 1. The maximum absolute atomic E-state index is 12.9. The van der Waals surface area contributed by atoms with E-state index < -0.39 is 29.1 Å². The lowest BCUT2D eigenvalue weighted by Gasteiger charge is -2.20. The molecular formula is C18H20F3N3O2S. The monoisotopic (exact) mass is 399 g/mol. The van der Waals surface area contributed by atoms with Gasteiger partial charge in [0.2, 0.25) is 0 Å². The van der Waals surface area contributed by atoms with Crippen LogP contribution >= 0.6 is 11.9 Å². The highest BCUT2D eigenvalue weighted by atomic mass is 32.2. The van der Waals surface area contributed by atoms with E-state index in [0.717, 1.165) is 24.1 Å². The molecule has 5 nitrogen and oxygen atoms in total. The van der Waals surface area contributed by atoms with Crippen molar-refractivity contribution in [3.63, 3.8) is 0 Å². The number of esters is 1. The largest absolute Gasteiger partial charge is 0.468 e. The van der Waals surface area contributed by atoms with Crippen LogP contribution in [0.5, 0.6) is 0 Å². The summed E-state index contributed by atoms with van der Waals surface area (Å²) in [6.45, 7) is 0. The van der Waals surface area contributed by atoms with Crippen LogP contribution in [-0.2, 0) is 22.1 Å². The van der Waals surface area contributed by atoms with E-state index in [1.54, 1.807) is 24.3 Å². The first-order chi connectivity index (χ1) is 12.7. The number of alkyl halides is 3. The van der Waals surface area contributed by atoms with Crippen molar-refractivity contribution in [1.82, 2.24) is 4.72 Å². The molecular weight excluding hydrogens is 379 g/mol. The molecule has 0 aromatic heterocycles. The Kier molecular flexibility index (Phi) is 7.11. The van der Waals surface area contributed by atoms with E-state index in [1.165, 1.54) is 19.2 Å². The minimum atomic E-state index is -4.45. The van der Waals surface area contributed by atoms with E-state index in [2.05, 4.69) is 4.72 Å². The molecule has 0 fully saturated rings. The third-order valence-corrected chi connectivity index (χ3v) is 4.75. The minimum Gasteiger partial charge on any atom is -0.468 e. The number of anilines is 1. The topological polar surface area (TPSA) is 90.4 Å². The van der Waals surface area contributed by atoms with Gasteiger partial charge in [-0.2, -0.15) is 13.2 Å². The lowest BCUT2D eigenvalue weighted by Crippen LogP contribution is -2.36. The van der Waals surface area contributed by atoms with Crippen molar-refractivity contribution in [2.45, 2.75) is 24.0 Å². The molecule has 27 heavy (non-hydrogen) atoms. The number of halogens is 3. The highest BCUT2D eigenvalue weighted by Crippen LogP contribution is 2.30. The molecule has 0 aliphatic rings. The van der Waals surface area contributed by atoms with Crippen LogP contribution < -0.4 is 16.2 Å². The van der Waals surface area contributed by atoms with Crippen molar-refractivity contribution in [3.8, 4) is 0 Å². The van der Waals surface area contributed by atoms with Gasteiger partial charge in [-0.1, -0.05) is 48.3 Å². The molecule has 0 amide bonds. The summed E-state index contributed by atoms with van der Waals surface area (Å²) in [6.07, 6.45) is -4.44. The second kappa shape index (κ2) is 9.12. The summed E-state index contributed by atoms with van der Waals surface area (Å²) < 4.78 is 46.2. The Hall–Kier alpha value is -2.23. The molecule has 0 spiro atoms. The summed E-state index contributed by atoms with van der Waals surface area (Å²) >= 11 is 1.05. The SMILES string of the molecule is COC(=O)C(Cc1cccc(C(F)(F)F)c1)NSC(N)c1ccccc1N. The highest BCUT2D eigenvalue weighted by Gasteiger charge is 2.31. The van der Waals surface area contributed by atoms with Gasteiger partial charge in [0, 0.05) is 11.3 Å². The van der Waals surface area contributed by atoms with E-state index in [9.17, 15) is 18.0 Å². The van der Waals surface area contributed by atoms with Crippen LogP contribution in [0.15, 0.2) is 48.5 Å². The molecule has 2 rings (SSSR count). The molecule has 9 heteroatoms. The Morgan fingerprint density at radius 3 is 2.56 bits per heavy atom. The highest BCUT2D eigenvalue weighted by molar-refractivity contribution is 7.97. The van der Waals surface area contributed by atoms with Crippen molar-refractivity contribution < 1.29 is 22.7 Å². The predicted molar refractivity (Wildman–Crippen MR) is 99.5 cm³/mol. The zero-order valence-corrected chi connectivity index (χ0v) is 15.3. The molecule has 0 aliphatic carbocycles. The first kappa shape index (κ1) is 21.1. The number of hydrogen-bond acceptors (Lipinski definition) is 6. The molecule has 2 aromatic carbocycles. The first-order valence-corrected chi connectivity index (χ1v) is 8.85. The van der Waals surface area contributed by atoms with E-state index in [0.29, 0.717) is 16.8 Å². The summed E-state index contributed by atoms with van der Waals surface area (Å²) in [5, 5.41) is -0.570. The smallest absolute Gasteiger partial charge is 0.416 e. The van der Waals surface area contributed by atoms with Gasteiger partial charge in [-0.25, -0.2) is 4.72 Å². The molecule has 2 atom stereocenters. The van der Waals surface area contributed by atoms with Crippen LogP contribution in [-0.4, -0.2) is 19.1 Å². The summed E-state index contributed by atoms with van der Waals surface area (Å²) in [7, 11) is 1.21. The summed E-state index contributed by atoms with van der Waals surface area (Å²) in [5.74, 6) is -0.604. The van der Waals surface area contributed by atoms with Crippen LogP contribution in [0, 0.1) is 0 Å². The Morgan fingerprint density at radius 2 is 1.93 bits per heavy atom. The number of nitrogen functional groups attached to an aromatic ring is 1. The second-order valence-electron chi connectivity index (χ2n) is 5.76. The number of carbonyl (C=O) groups is 1. The molecule has 146 valence electrons. The van der Waals surface area contributed by atoms with Gasteiger partial charge in [0.05, 0.1) is 18.0 Å². The number of rotatable bonds is 7. The maximum atomic E-state index is 12.9. The normalized spacial score (nSPS) is 13.8. The quantitative estimate of drug-likeness (QED) is 0.287. The van der Waals surface area contributed by atoms with Gasteiger partial charge in [0.1, 0.15) is 6.04 Å².